The van der Waals surface area contributed by atoms with E-state index in [4.69, 9.17) is 0 Å². The molecule has 2 rings (SSSR count). The molecule has 0 aromatic carbocycles. The van der Waals surface area contributed by atoms with Gasteiger partial charge in [-0.3, -0.25) is 0 Å². The Morgan fingerprint density at radius 2 is 2.46 bits per heavy atom. The zero-order valence-corrected chi connectivity index (χ0v) is 8.65. The van der Waals surface area contributed by atoms with Crippen LogP contribution in [-0.2, 0) is 6.42 Å². The van der Waals surface area contributed by atoms with Gasteiger partial charge in [-0.05, 0) is 25.3 Å². The highest BCUT2D eigenvalue weighted by Gasteiger charge is 2.15. The summed E-state index contributed by atoms with van der Waals surface area (Å²) in [7, 11) is 0. The van der Waals surface area contributed by atoms with Gasteiger partial charge in [0.1, 0.15) is 0 Å². The van der Waals surface area contributed by atoms with Crippen molar-refractivity contribution in [3.05, 3.63) is 16.6 Å². The van der Waals surface area contributed by atoms with Crippen LogP contribution in [0.25, 0.3) is 0 Å². The van der Waals surface area contributed by atoms with Crippen LogP contribution in [0, 0.1) is 5.92 Å². The third-order valence-electron chi connectivity index (χ3n) is 2.70. The number of hydrogen-bond acceptors (Lipinski definition) is 3. The summed E-state index contributed by atoms with van der Waals surface area (Å²) in [6, 6.07) is 0. The van der Waals surface area contributed by atoms with Gasteiger partial charge < -0.3 is 5.32 Å². The lowest BCUT2D eigenvalue weighted by atomic mass is 9.85. The van der Waals surface area contributed by atoms with Gasteiger partial charge in [0.05, 0.1) is 11.2 Å². The van der Waals surface area contributed by atoms with Crippen molar-refractivity contribution < 1.29 is 0 Å². The molecule has 72 valence electrons. The highest BCUT2D eigenvalue weighted by Crippen LogP contribution is 2.24. The van der Waals surface area contributed by atoms with E-state index in [0.717, 1.165) is 18.9 Å². The van der Waals surface area contributed by atoms with Gasteiger partial charge in [-0.1, -0.05) is 6.42 Å². The summed E-state index contributed by atoms with van der Waals surface area (Å²) >= 11 is 1.68. The summed E-state index contributed by atoms with van der Waals surface area (Å²) in [5, 5.41) is 5.62. The fourth-order valence-corrected chi connectivity index (χ4v) is 2.17. The molecule has 0 amide bonds. The van der Waals surface area contributed by atoms with Crippen molar-refractivity contribution in [2.75, 3.05) is 13.1 Å². The van der Waals surface area contributed by atoms with Crippen LogP contribution in [0.4, 0.5) is 0 Å². The summed E-state index contributed by atoms with van der Waals surface area (Å²) in [6.07, 6.45) is 5.39. The Labute approximate surface area is 83.4 Å². The summed E-state index contributed by atoms with van der Waals surface area (Å²) in [5.74, 6) is 0.968. The number of aromatic nitrogens is 1. The predicted octanol–water partition coefficient (Wildman–Crippen LogP) is 2.08. The molecule has 1 aromatic rings. The fraction of sp³-hybridized carbons (Fsp3) is 0.700. The van der Waals surface area contributed by atoms with Crippen LogP contribution in [0.15, 0.2) is 10.9 Å². The van der Waals surface area contributed by atoms with Crippen molar-refractivity contribution in [2.45, 2.75) is 25.7 Å². The molecular weight excluding hydrogens is 180 g/mol. The molecule has 0 radical (unpaired) electrons. The minimum atomic E-state index is 0.968. The molecule has 1 aliphatic rings. The van der Waals surface area contributed by atoms with Gasteiger partial charge in [-0.15, -0.1) is 11.3 Å². The first-order chi connectivity index (χ1) is 6.45. The topological polar surface area (TPSA) is 24.9 Å². The molecule has 2 nitrogen and oxygen atoms in total. The first-order valence-electron chi connectivity index (χ1n) is 5.03. The van der Waals surface area contributed by atoms with E-state index in [1.54, 1.807) is 11.3 Å². The molecule has 1 fully saturated rings. The monoisotopic (exact) mass is 196 g/mol. The second kappa shape index (κ2) is 4.72. The first kappa shape index (κ1) is 9.16. The Morgan fingerprint density at radius 1 is 1.54 bits per heavy atom. The minimum absolute atomic E-state index is 0.968. The largest absolute Gasteiger partial charge is 0.316 e. The van der Waals surface area contributed by atoms with Crippen LogP contribution in [0.2, 0.25) is 0 Å². The first-order valence-corrected chi connectivity index (χ1v) is 5.97. The molecule has 1 N–H and O–H groups in total. The molecule has 1 saturated carbocycles. The molecule has 0 spiro atoms. The van der Waals surface area contributed by atoms with E-state index in [2.05, 4.69) is 15.7 Å². The van der Waals surface area contributed by atoms with Crippen molar-refractivity contribution in [1.82, 2.24) is 10.3 Å². The van der Waals surface area contributed by atoms with Crippen LogP contribution in [0.5, 0.6) is 0 Å². The van der Waals surface area contributed by atoms with Crippen LogP contribution >= 0.6 is 11.3 Å². The summed E-state index contributed by atoms with van der Waals surface area (Å²) in [5.41, 5.74) is 3.13. The molecule has 0 unspecified atom stereocenters. The molecule has 1 aromatic heterocycles. The number of nitrogens with zero attached hydrogens (tertiary/aromatic N) is 1. The Balaban J connectivity index is 1.53. The summed E-state index contributed by atoms with van der Waals surface area (Å²) in [6.45, 7) is 2.30. The number of rotatable bonds is 5. The molecule has 3 heteroatoms. The maximum atomic E-state index is 4.25. The van der Waals surface area contributed by atoms with Crippen molar-refractivity contribution in [3.63, 3.8) is 0 Å². The standard InChI is InChI=1S/C10H16N2S/c1-2-9(3-1)6-11-5-4-10-7-13-8-12-10/h7-9,11H,1-6H2. The van der Waals surface area contributed by atoms with Crippen LogP contribution < -0.4 is 5.32 Å². The van der Waals surface area contributed by atoms with Gasteiger partial charge in [-0.2, -0.15) is 0 Å². The molecule has 0 bridgehead atoms. The molecule has 1 aliphatic carbocycles. The third kappa shape index (κ3) is 2.78. The van der Waals surface area contributed by atoms with Gasteiger partial charge in [0.15, 0.2) is 0 Å². The maximum Gasteiger partial charge on any atom is 0.0794 e. The van der Waals surface area contributed by atoms with Crippen molar-refractivity contribution in [3.8, 4) is 0 Å². The molecular formula is C10H16N2S. The number of nitrogens with one attached hydrogen (secondary N) is 1. The van der Waals surface area contributed by atoms with Gasteiger partial charge in [0, 0.05) is 18.3 Å². The Kier molecular flexibility index (Phi) is 3.33. The normalized spacial score (nSPS) is 17.2. The molecule has 0 aliphatic heterocycles. The summed E-state index contributed by atoms with van der Waals surface area (Å²) < 4.78 is 0. The van der Waals surface area contributed by atoms with Crippen LogP contribution in [0.1, 0.15) is 25.0 Å². The Hall–Kier alpha value is -0.410. The van der Waals surface area contributed by atoms with E-state index >= 15 is 0 Å². The average molecular weight is 196 g/mol. The van der Waals surface area contributed by atoms with E-state index in [9.17, 15) is 0 Å². The lowest BCUT2D eigenvalue weighted by Gasteiger charge is -2.25. The van der Waals surface area contributed by atoms with Gasteiger partial charge in [0.2, 0.25) is 0 Å². The zero-order valence-electron chi connectivity index (χ0n) is 7.83. The van der Waals surface area contributed by atoms with E-state index in [1.807, 2.05) is 5.51 Å². The van der Waals surface area contributed by atoms with E-state index in [0.29, 0.717) is 0 Å². The maximum absolute atomic E-state index is 4.25. The van der Waals surface area contributed by atoms with Crippen molar-refractivity contribution in [1.29, 1.82) is 0 Å². The fourth-order valence-electron chi connectivity index (χ4n) is 1.58. The van der Waals surface area contributed by atoms with Gasteiger partial charge in [-0.25, -0.2) is 4.98 Å². The second-order valence-electron chi connectivity index (χ2n) is 3.73. The lowest BCUT2D eigenvalue weighted by molar-refractivity contribution is 0.302. The van der Waals surface area contributed by atoms with Crippen LogP contribution in [-0.4, -0.2) is 18.1 Å². The highest BCUT2D eigenvalue weighted by atomic mass is 32.1. The lowest BCUT2D eigenvalue weighted by Crippen LogP contribution is -2.28. The van der Waals surface area contributed by atoms with E-state index in [1.165, 1.54) is 31.5 Å². The highest BCUT2D eigenvalue weighted by molar-refractivity contribution is 7.07. The Morgan fingerprint density at radius 3 is 3.08 bits per heavy atom. The molecule has 13 heavy (non-hydrogen) atoms. The number of thiazole rings is 1. The van der Waals surface area contributed by atoms with E-state index < -0.39 is 0 Å². The van der Waals surface area contributed by atoms with E-state index in [-0.39, 0.29) is 0 Å². The Bertz CT molecular complexity index is 229. The summed E-state index contributed by atoms with van der Waals surface area (Å²) in [4.78, 5) is 4.25. The SMILES string of the molecule is c1nc(CCNCC2CCC2)cs1. The molecule has 0 atom stereocenters. The average Bonchev–Trinajstić information content (AvgIpc) is 2.53. The predicted molar refractivity (Wildman–Crippen MR) is 56.0 cm³/mol. The van der Waals surface area contributed by atoms with Crippen molar-refractivity contribution >= 4 is 11.3 Å². The molecule has 0 saturated heterocycles. The second-order valence-corrected chi connectivity index (χ2v) is 4.45. The minimum Gasteiger partial charge on any atom is -0.316 e. The number of hydrogen-bond donors (Lipinski definition) is 1. The van der Waals surface area contributed by atoms with Crippen molar-refractivity contribution in [2.24, 2.45) is 5.92 Å². The molecule has 1 heterocycles. The zero-order chi connectivity index (χ0) is 8.93. The van der Waals surface area contributed by atoms with Gasteiger partial charge >= 0.3 is 0 Å². The van der Waals surface area contributed by atoms with Crippen LogP contribution in [0.3, 0.4) is 0 Å². The third-order valence-corrected chi connectivity index (χ3v) is 3.33. The smallest absolute Gasteiger partial charge is 0.0794 e. The van der Waals surface area contributed by atoms with Gasteiger partial charge in [0.25, 0.3) is 0 Å². The quantitative estimate of drug-likeness (QED) is 0.729.